The highest BCUT2D eigenvalue weighted by atomic mass is 35.5. The summed E-state index contributed by atoms with van der Waals surface area (Å²) in [6.45, 7) is 2.56. The van der Waals surface area contributed by atoms with Crippen molar-refractivity contribution in [1.82, 2.24) is 4.90 Å². The molecule has 1 heterocycles. The summed E-state index contributed by atoms with van der Waals surface area (Å²) in [5.74, 6) is -0.711. The normalized spacial score (nSPS) is 18.1. The van der Waals surface area contributed by atoms with Gasteiger partial charge in [0.2, 0.25) is 0 Å². The maximum absolute atomic E-state index is 12.2. The van der Waals surface area contributed by atoms with E-state index in [9.17, 15) is 9.59 Å². The lowest BCUT2D eigenvalue weighted by Gasteiger charge is -2.35. The van der Waals surface area contributed by atoms with Crippen LogP contribution in [0.4, 0.5) is 0 Å². The number of rotatable bonds is 4. The summed E-state index contributed by atoms with van der Waals surface area (Å²) < 4.78 is 5.10. The summed E-state index contributed by atoms with van der Waals surface area (Å²) in [6, 6.07) is 4.74. The number of amides is 1. The monoisotopic (exact) mass is 343 g/mol. The highest BCUT2D eigenvalue weighted by molar-refractivity contribution is 6.42. The number of benzene rings is 1. The van der Waals surface area contributed by atoms with Gasteiger partial charge in [-0.25, -0.2) is 4.79 Å². The molecule has 6 heteroatoms. The molecule has 120 valence electrons. The molecule has 0 aliphatic carbocycles. The third-order valence-electron chi connectivity index (χ3n) is 3.90. The summed E-state index contributed by atoms with van der Waals surface area (Å²) in [5.41, 5.74) is 0.285. The molecule has 0 saturated carbocycles. The van der Waals surface area contributed by atoms with Crippen LogP contribution in [0.2, 0.25) is 10.0 Å². The summed E-state index contributed by atoms with van der Waals surface area (Å²) in [5, 5.41) is 0.651. The number of likely N-dealkylation sites (tertiary alicyclic amines) is 1. The van der Waals surface area contributed by atoms with E-state index in [0.29, 0.717) is 5.02 Å². The van der Waals surface area contributed by atoms with Crippen LogP contribution in [0.25, 0.3) is 0 Å². The van der Waals surface area contributed by atoms with E-state index in [-0.39, 0.29) is 29.1 Å². The zero-order valence-corrected chi connectivity index (χ0v) is 14.0. The second-order valence-corrected chi connectivity index (χ2v) is 6.16. The Morgan fingerprint density at radius 1 is 1.27 bits per heavy atom. The molecule has 1 fully saturated rings. The molecule has 1 aliphatic heterocycles. The molecule has 1 unspecified atom stereocenters. The Morgan fingerprint density at radius 3 is 2.73 bits per heavy atom. The Morgan fingerprint density at radius 2 is 2.05 bits per heavy atom. The summed E-state index contributed by atoms with van der Waals surface area (Å²) in [7, 11) is 0. The van der Waals surface area contributed by atoms with Gasteiger partial charge in [-0.1, -0.05) is 30.1 Å². The van der Waals surface area contributed by atoms with E-state index in [1.807, 2.05) is 4.90 Å². The van der Waals surface area contributed by atoms with Crippen LogP contribution in [0.1, 0.15) is 43.0 Å². The van der Waals surface area contributed by atoms with Crippen LogP contribution >= 0.6 is 23.2 Å². The molecule has 1 atom stereocenters. The molecular weight excluding hydrogens is 325 g/mol. The van der Waals surface area contributed by atoms with Gasteiger partial charge in [0, 0.05) is 12.6 Å². The van der Waals surface area contributed by atoms with Gasteiger partial charge in [-0.3, -0.25) is 4.79 Å². The standard InChI is InChI=1S/C16H19Cl2NO3/c1-2-12-5-3-4-8-19(12)15(20)10-22-16(21)11-6-7-13(17)14(18)9-11/h6-7,9,12H,2-5,8,10H2,1H3. The third-order valence-corrected chi connectivity index (χ3v) is 4.64. The van der Waals surface area contributed by atoms with Crippen molar-refractivity contribution in [1.29, 1.82) is 0 Å². The van der Waals surface area contributed by atoms with Gasteiger partial charge >= 0.3 is 5.97 Å². The molecule has 1 aromatic carbocycles. The molecule has 2 rings (SSSR count). The number of piperidine rings is 1. The largest absolute Gasteiger partial charge is 0.452 e. The fourth-order valence-electron chi connectivity index (χ4n) is 2.67. The van der Waals surface area contributed by atoms with Crippen molar-refractivity contribution in [2.45, 2.75) is 38.6 Å². The van der Waals surface area contributed by atoms with Crippen LogP contribution < -0.4 is 0 Å². The van der Waals surface area contributed by atoms with Gasteiger partial charge in [-0.2, -0.15) is 0 Å². The van der Waals surface area contributed by atoms with E-state index in [4.69, 9.17) is 27.9 Å². The minimum absolute atomic E-state index is 0.139. The van der Waals surface area contributed by atoms with E-state index in [1.165, 1.54) is 18.2 Å². The molecular formula is C16H19Cl2NO3. The molecule has 0 radical (unpaired) electrons. The first-order chi connectivity index (χ1) is 10.5. The predicted molar refractivity (Wildman–Crippen MR) is 86.4 cm³/mol. The SMILES string of the molecule is CCC1CCCCN1C(=O)COC(=O)c1ccc(Cl)c(Cl)c1. The van der Waals surface area contributed by atoms with Gasteiger partial charge in [0.05, 0.1) is 15.6 Å². The third kappa shape index (κ3) is 4.14. The van der Waals surface area contributed by atoms with Crippen molar-refractivity contribution in [2.24, 2.45) is 0 Å². The van der Waals surface area contributed by atoms with Crippen molar-refractivity contribution in [2.75, 3.05) is 13.2 Å². The number of nitrogens with zero attached hydrogens (tertiary/aromatic N) is 1. The quantitative estimate of drug-likeness (QED) is 0.777. The summed E-state index contributed by atoms with van der Waals surface area (Å²) in [6.07, 6.45) is 4.09. The zero-order chi connectivity index (χ0) is 16.1. The van der Waals surface area contributed by atoms with Crippen LogP contribution in [0, 0.1) is 0 Å². The molecule has 1 aliphatic rings. The van der Waals surface area contributed by atoms with Crippen molar-refractivity contribution >= 4 is 35.1 Å². The van der Waals surface area contributed by atoms with E-state index in [2.05, 4.69) is 6.92 Å². The number of hydrogen-bond donors (Lipinski definition) is 0. The second kappa shape index (κ2) is 7.84. The smallest absolute Gasteiger partial charge is 0.338 e. The highest BCUT2D eigenvalue weighted by Gasteiger charge is 2.26. The van der Waals surface area contributed by atoms with Gasteiger partial charge < -0.3 is 9.64 Å². The van der Waals surface area contributed by atoms with E-state index < -0.39 is 5.97 Å². The van der Waals surface area contributed by atoms with Gasteiger partial charge in [0.15, 0.2) is 6.61 Å². The first kappa shape index (κ1) is 17.1. The molecule has 1 saturated heterocycles. The van der Waals surface area contributed by atoms with Crippen molar-refractivity contribution in [3.63, 3.8) is 0 Å². The van der Waals surface area contributed by atoms with Crippen LogP contribution in [0.3, 0.4) is 0 Å². The zero-order valence-electron chi connectivity index (χ0n) is 12.5. The number of ether oxygens (including phenoxy) is 1. The maximum Gasteiger partial charge on any atom is 0.338 e. The lowest BCUT2D eigenvalue weighted by atomic mass is 10.00. The first-order valence-electron chi connectivity index (χ1n) is 7.44. The minimum atomic E-state index is -0.572. The molecule has 0 spiro atoms. The Balaban J connectivity index is 1.92. The summed E-state index contributed by atoms with van der Waals surface area (Å²) in [4.78, 5) is 26.0. The topological polar surface area (TPSA) is 46.6 Å². The fourth-order valence-corrected chi connectivity index (χ4v) is 2.97. The van der Waals surface area contributed by atoms with Crippen LogP contribution in [-0.4, -0.2) is 36.0 Å². The Kier molecular flexibility index (Phi) is 6.09. The van der Waals surface area contributed by atoms with E-state index >= 15 is 0 Å². The summed E-state index contributed by atoms with van der Waals surface area (Å²) >= 11 is 11.7. The Labute approximate surface area is 140 Å². The number of carbonyl (C=O) groups excluding carboxylic acids is 2. The predicted octanol–water partition coefficient (Wildman–Crippen LogP) is 3.94. The lowest BCUT2D eigenvalue weighted by Crippen LogP contribution is -2.45. The Bertz CT molecular complexity index is 562. The average molecular weight is 344 g/mol. The van der Waals surface area contributed by atoms with Crippen LogP contribution in [0.15, 0.2) is 18.2 Å². The molecule has 0 bridgehead atoms. The first-order valence-corrected chi connectivity index (χ1v) is 8.20. The molecule has 22 heavy (non-hydrogen) atoms. The molecule has 1 amide bonds. The van der Waals surface area contributed by atoms with Crippen molar-refractivity contribution in [3.8, 4) is 0 Å². The number of halogens is 2. The van der Waals surface area contributed by atoms with E-state index in [1.54, 1.807) is 0 Å². The second-order valence-electron chi connectivity index (χ2n) is 5.35. The van der Waals surface area contributed by atoms with Crippen molar-refractivity contribution < 1.29 is 14.3 Å². The molecule has 4 nitrogen and oxygen atoms in total. The fraction of sp³-hybridized carbons (Fsp3) is 0.500. The molecule has 1 aromatic rings. The molecule has 0 aromatic heterocycles. The number of carbonyl (C=O) groups is 2. The maximum atomic E-state index is 12.2. The van der Waals surface area contributed by atoms with Gasteiger partial charge in [0.25, 0.3) is 5.91 Å². The molecule has 0 N–H and O–H groups in total. The van der Waals surface area contributed by atoms with Crippen LogP contribution in [-0.2, 0) is 9.53 Å². The Hall–Kier alpha value is -1.26. The van der Waals surface area contributed by atoms with Gasteiger partial charge in [0.1, 0.15) is 0 Å². The van der Waals surface area contributed by atoms with Gasteiger partial charge in [-0.05, 0) is 43.9 Å². The average Bonchev–Trinajstić information content (AvgIpc) is 2.54. The minimum Gasteiger partial charge on any atom is -0.452 e. The van der Waals surface area contributed by atoms with E-state index in [0.717, 1.165) is 32.2 Å². The van der Waals surface area contributed by atoms with Crippen molar-refractivity contribution in [3.05, 3.63) is 33.8 Å². The number of esters is 1. The number of hydrogen-bond acceptors (Lipinski definition) is 3. The highest BCUT2D eigenvalue weighted by Crippen LogP contribution is 2.23. The van der Waals surface area contributed by atoms with Crippen LogP contribution in [0.5, 0.6) is 0 Å². The lowest BCUT2D eigenvalue weighted by molar-refractivity contribution is -0.138. The van der Waals surface area contributed by atoms with Gasteiger partial charge in [-0.15, -0.1) is 0 Å².